The molecule has 0 saturated heterocycles. The Hall–Kier alpha value is -4.19. The molecule has 1 fully saturated rings. The summed E-state index contributed by atoms with van der Waals surface area (Å²) in [6.07, 6.45) is -4.21. The summed E-state index contributed by atoms with van der Waals surface area (Å²) in [4.78, 5) is 27.1. The number of benzene rings is 3. The summed E-state index contributed by atoms with van der Waals surface area (Å²) in [5, 5.41) is 3.63. The molecular weight excluding hydrogens is 596 g/mol. The van der Waals surface area contributed by atoms with E-state index in [-0.39, 0.29) is 43.1 Å². The molecule has 228 valence electrons. The number of ether oxygens (including phenoxy) is 4. The van der Waals surface area contributed by atoms with Gasteiger partial charge < -0.3 is 29.2 Å². The van der Waals surface area contributed by atoms with Crippen molar-refractivity contribution in [3.8, 4) is 17.2 Å². The van der Waals surface area contributed by atoms with Gasteiger partial charge in [-0.15, -0.1) is 13.2 Å². The van der Waals surface area contributed by atoms with Gasteiger partial charge in [-0.2, -0.15) is 0 Å². The van der Waals surface area contributed by atoms with E-state index in [1.807, 2.05) is 0 Å². The van der Waals surface area contributed by atoms with Gasteiger partial charge in [0.15, 0.2) is 11.6 Å². The predicted molar refractivity (Wildman–Crippen MR) is 149 cm³/mol. The molecule has 3 aromatic carbocycles. The summed E-state index contributed by atoms with van der Waals surface area (Å²) in [6.45, 7) is 0.388. The largest absolute Gasteiger partial charge is 0.573 e. The summed E-state index contributed by atoms with van der Waals surface area (Å²) >= 11 is 6.08. The van der Waals surface area contributed by atoms with Crippen LogP contribution < -0.4 is 24.4 Å². The van der Waals surface area contributed by atoms with E-state index in [4.69, 9.17) is 25.8 Å². The van der Waals surface area contributed by atoms with E-state index in [0.29, 0.717) is 39.8 Å². The molecule has 3 atom stereocenters. The first-order chi connectivity index (χ1) is 20.5. The third-order valence-electron chi connectivity index (χ3n) is 7.29. The van der Waals surface area contributed by atoms with Gasteiger partial charge in [0.1, 0.15) is 17.5 Å². The molecule has 2 unspecified atom stereocenters. The second-order valence-electron chi connectivity index (χ2n) is 10.2. The first-order valence-electron chi connectivity index (χ1n) is 13.3. The van der Waals surface area contributed by atoms with E-state index in [1.54, 1.807) is 42.5 Å². The zero-order chi connectivity index (χ0) is 30.9. The zero-order valence-corrected chi connectivity index (χ0v) is 23.8. The maximum Gasteiger partial charge on any atom is 0.573 e. The predicted octanol–water partition coefficient (Wildman–Crippen LogP) is 6.32. The highest BCUT2D eigenvalue weighted by atomic mass is 35.5. The monoisotopic (exact) mass is 622 g/mol. The van der Waals surface area contributed by atoms with Crippen LogP contribution in [-0.2, 0) is 20.7 Å². The molecule has 5 rings (SSSR count). The lowest BCUT2D eigenvalue weighted by molar-refractivity contribution is -0.275. The van der Waals surface area contributed by atoms with Crippen molar-refractivity contribution in [1.82, 2.24) is 0 Å². The molecule has 1 N–H and O–H groups in total. The van der Waals surface area contributed by atoms with Crippen molar-refractivity contribution in [2.45, 2.75) is 25.2 Å². The Bertz CT molecular complexity index is 1520. The van der Waals surface area contributed by atoms with Crippen LogP contribution in [0.3, 0.4) is 0 Å². The number of anilines is 2. The summed E-state index contributed by atoms with van der Waals surface area (Å²) in [7, 11) is 2.81. The lowest BCUT2D eigenvalue weighted by Crippen LogP contribution is -2.37. The molecule has 0 aromatic heterocycles. The number of methoxy groups -OCH3 is 2. The molecule has 0 bridgehead atoms. The number of carbonyl (C=O) groups is 2. The van der Waals surface area contributed by atoms with Gasteiger partial charge >= 0.3 is 12.3 Å². The van der Waals surface area contributed by atoms with Crippen molar-refractivity contribution in [1.29, 1.82) is 0 Å². The molecule has 1 aliphatic carbocycles. The average molecular weight is 623 g/mol. The van der Waals surface area contributed by atoms with Gasteiger partial charge in [-0.25, -0.2) is 4.39 Å². The number of alkyl halides is 3. The summed E-state index contributed by atoms with van der Waals surface area (Å²) < 4.78 is 73.0. The lowest BCUT2D eigenvalue weighted by Gasteiger charge is -2.27. The third-order valence-corrected chi connectivity index (χ3v) is 7.54. The van der Waals surface area contributed by atoms with Crippen molar-refractivity contribution >= 4 is 34.9 Å². The van der Waals surface area contributed by atoms with Crippen molar-refractivity contribution < 1.29 is 46.1 Å². The highest BCUT2D eigenvalue weighted by molar-refractivity contribution is 6.30. The number of rotatable bonds is 10. The molecule has 1 aliphatic heterocycles. The molecular formula is C30H27ClF4N2O6. The molecule has 43 heavy (non-hydrogen) atoms. The van der Waals surface area contributed by atoms with Gasteiger partial charge in [0.25, 0.3) is 5.91 Å². The van der Waals surface area contributed by atoms with Gasteiger partial charge in [-0.3, -0.25) is 9.59 Å². The Morgan fingerprint density at radius 3 is 2.47 bits per heavy atom. The van der Waals surface area contributed by atoms with Crippen LogP contribution in [0.25, 0.3) is 0 Å². The normalized spacial score (nSPS) is 18.0. The van der Waals surface area contributed by atoms with Crippen molar-refractivity contribution in [3.05, 3.63) is 76.6 Å². The molecule has 1 amide bonds. The lowest BCUT2D eigenvalue weighted by atomic mass is 10.0. The topological polar surface area (TPSA) is 86.3 Å². The summed E-state index contributed by atoms with van der Waals surface area (Å²) in [6, 6.07) is 12.3. The third kappa shape index (κ3) is 7.07. The number of nitrogens with zero attached hydrogens (tertiary/aromatic N) is 1. The average Bonchev–Trinajstić information content (AvgIpc) is 3.65. The van der Waals surface area contributed by atoms with Gasteiger partial charge in [-0.05, 0) is 42.2 Å². The summed E-state index contributed by atoms with van der Waals surface area (Å²) in [5.41, 5.74) is 1.45. The molecule has 2 aliphatic rings. The van der Waals surface area contributed by atoms with Gasteiger partial charge in [0, 0.05) is 47.4 Å². The Morgan fingerprint density at radius 1 is 1.07 bits per heavy atom. The number of amides is 1. The highest BCUT2D eigenvalue weighted by Gasteiger charge is 2.44. The molecule has 1 heterocycles. The van der Waals surface area contributed by atoms with Crippen LogP contribution in [0.2, 0.25) is 5.02 Å². The van der Waals surface area contributed by atoms with E-state index in [0.717, 1.165) is 12.1 Å². The molecule has 1 saturated carbocycles. The van der Waals surface area contributed by atoms with Gasteiger partial charge in [0.05, 0.1) is 32.4 Å². The van der Waals surface area contributed by atoms with Crippen molar-refractivity contribution in [2.75, 3.05) is 37.6 Å². The van der Waals surface area contributed by atoms with Crippen LogP contribution in [-0.4, -0.2) is 45.6 Å². The number of esters is 1. The Labute approximate surface area is 249 Å². The number of nitrogens with one attached hydrogen (secondary N) is 1. The highest BCUT2D eigenvalue weighted by Crippen LogP contribution is 2.41. The van der Waals surface area contributed by atoms with Gasteiger partial charge in [0.2, 0.25) is 0 Å². The quantitative estimate of drug-likeness (QED) is 0.209. The second-order valence-corrected chi connectivity index (χ2v) is 10.6. The SMILES string of the molecule is COC(=O)[C@@H]1CC1COc1cc(NC(C(=O)N2CCc3cc(F)c(OC(F)(F)F)cc32)c2ccc(Cl)cc2)cc(OC)c1. The molecule has 13 heteroatoms. The minimum Gasteiger partial charge on any atom is -0.497 e. The fourth-order valence-electron chi connectivity index (χ4n) is 5.02. The van der Waals surface area contributed by atoms with Crippen molar-refractivity contribution in [2.24, 2.45) is 11.8 Å². The van der Waals surface area contributed by atoms with Crippen LogP contribution in [0, 0.1) is 17.7 Å². The van der Waals surface area contributed by atoms with Gasteiger partial charge in [-0.1, -0.05) is 23.7 Å². The van der Waals surface area contributed by atoms with E-state index >= 15 is 0 Å². The first kappa shape index (κ1) is 30.3. The van der Waals surface area contributed by atoms with Crippen LogP contribution in [0.4, 0.5) is 28.9 Å². The van der Waals surface area contributed by atoms with E-state index in [9.17, 15) is 27.2 Å². The minimum atomic E-state index is -5.11. The number of carbonyl (C=O) groups excluding carboxylic acids is 2. The number of hydrogen-bond donors (Lipinski definition) is 1. The maximum atomic E-state index is 14.4. The Kier molecular flexibility index (Phi) is 8.59. The van der Waals surface area contributed by atoms with Crippen LogP contribution in [0.1, 0.15) is 23.6 Å². The Balaban J connectivity index is 1.42. The van der Waals surface area contributed by atoms with Crippen LogP contribution in [0.5, 0.6) is 17.2 Å². The number of hydrogen-bond acceptors (Lipinski definition) is 7. The maximum absolute atomic E-state index is 14.4. The van der Waals surface area contributed by atoms with E-state index < -0.39 is 29.9 Å². The molecule has 0 radical (unpaired) electrons. The van der Waals surface area contributed by atoms with E-state index in [1.165, 1.54) is 19.1 Å². The zero-order valence-electron chi connectivity index (χ0n) is 23.0. The van der Waals surface area contributed by atoms with E-state index in [2.05, 4.69) is 10.1 Å². The molecule has 3 aromatic rings. The standard InChI is InChI=1S/C30H27ClF4N2O6/c1-40-21-11-20(12-22(13-21)42-15-18-9-23(18)29(39)41-2)36-27(16-3-5-19(31)6-4-16)28(38)37-8-7-17-10-24(32)26(14-25(17)37)43-30(33,34)35/h3-6,10-14,18,23,27,36H,7-9,15H2,1-2H3/t18?,23-,27?/m1/s1. The molecule has 8 nitrogen and oxygen atoms in total. The Morgan fingerprint density at radius 2 is 1.79 bits per heavy atom. The number of fused-ring (bicyclic) bond motifs is 1. The van der Waals surface area contributed by atoms with Crippen LogP contribution >= 0.6 is 11.6 Å². The van der Waals surface area contributed by atoms with Crippen LogP contribution in [0.15, 0.2) is 54.6 Å². The summed E-state index contributed by atoms with van der Waals surface area (Å²) in [5.74, 6) is -2.32. The smallest absolute Gasteiger partial charge is 0.497 e. The fourth-order valence-corrected chi connectivity index (χ4v) is 5.14. The fraction of sp³-hybridized carbons (Fsp3) is 0.333. The molecule has 0 spiro atoms. The van der Waals surface area contributed by atoms with Crippen molar-refractivity contribution in [3.63, 3.8) is 0 Å². The minimum absolute atomic E-state index is 0.0183. The first-order valence-corrected chi connectivity index (χ1v) is 13.6. The second kappa shape index (κ2) is 12.2. The number of halogens is 5.